The zero-order valence-electron chi connectivity index (χ0n) is 14.7. The van der Waals surface area contributed by atoms with Gasteiger partial charge in [0.1, 0.15) is 11.9 Å². The summed E-state index contributed by atoms with van der Waals surface area (Å²) < 4.78 is 36.0. The van der Waals surface area contributed by atoms with Crippen LogP contribution >= 0.6 is 0 Å². The maximum Gasteiger partial charge on any atom is 0.225 e. The van der Waals surface area contributed by atoms with Gasteiger partial charge in [-0.3, -0.25) is 9.10 Å². The molecule has 2 aliphatic heterocycles. The molecule has 25 heavy (non-hydrogen) atoms. The summed E-state index contributed by atoms with van der Waals surface area (Å²) in [5.74, 6) is 0.502. The molecular formula is C17H26N2O5S. The van der Waals surface area contributed by atoms with Crippen molar-refractivity contribution in [2.75, 3.05) is 26.3 Å². The van der Waals surface area contributed by atoms with Crippen LogP contribution in [0.15, 0.2) is 36.3 Å². The molecular weight excluding hydrogens is 344 g/mol. The average Bonchev–Trinajstić information content (AvgIpc) is 2.61. The lowest BCUT2D eigenvalue weighted by Crippen LogP contribution is -2.47. The quantitative estimate of drug-likeness (QED) is 0.737. The van der Waals surface area contributed by atoms with Gasteiger partial charge in [-0.1, -0.05) is 18.7 Å². The minimum Gasteiger partial charge on any atom is -0.486 e. The molecule has 7 nitrogen and oxygen atoms in total. The minimum atomic E-state index is -2.81. The van der Waals surface area contributed by atoms with Crippen LogP contribution in [0.2, 0.25) is 0 Å². The number of ether oxygens (including phenoxy) is 2. The van der Waals surface area contributed by atoms with Gasteiger partial charge in [0.05, 0.1) is 25.0 Å². The summed E-state index contributed by atoms with van der Waals surface area (Å²) in [6, 6.07) is -0.383. The Hall–Kier alpha value is -1.80. The summed E-state index contributed by atoms with van der Waals surface area (Å²) in [6.07, 6.45) is 5.26. The molecule has 2 fully saturated rings. The maximum absolute atomic E-state index is 12.3. The van der Waals surface area contributed by atoms with E-state index in [9.17, 15) is 13.2 Å². The molecule has 2 rings (SSSR count). The Balaban J connectivity index is 2.10. The summed E-state index contributed by atoms with van der Waals surface area (Å²) in [4.78, 5) is 14.1. The number of morpholine rings is 2. The Bertz CT molecular complexity index is 627. The number of amides is 1. The number of carbonyl (C=O) groups excluding carboxylic acids is 1. The Labute approximate surface area is 150 Å². The molecule has 140 valence electrons. The summed E-state index contributed by atoms with van der Waals surface area (Å²) >= 11 is 0. The van der Waals surface area contributed by atoms with Gasteiger partial charge in [0.2, 0.25) is 16.8 Å². The van der Waals surface area contributed by atoms with E-state index < -0.39 is 17.0 Å². The van der Waals surface area contributed by atoms with Gasteiger partial charge in [0.15, 0.2) is 0 Å². The van der Waals surface area contributed by atoms with E-state index in [1.54, 1.807) is 37.0 Å². The molecule has 2 aliphatic rings. The Morgan fingerprint density at radius 2 is 2.04 bits per heavy atom. The van der Waals surface area contributed by atoms with Crippen LogP contribution in [0.4, 0.5) is 0 Å². The fraction of sp³-hybridized carbons (Fsp3) is 0.588. The molecule has 0 radical (unpaired) electrons. The van der Waals surface area contributed by atoms with Gasteiger partial charge in [-0.05, 0) is 26.3 Å². The van der Waals surface area contributed by atoms with Crippen LogP contribution < -0.4 is 0 Å². The van der Waals surface area contributed by atoms with Gasteiger partial charge in [0.25, 0.3) is 0 Å². The van der Waals surface area contributed by atoms with Crippen molar-refractivity contribution < 1.29 is 22.7 Å². The SMILES string of the molecule is C=C/C=C1/OC(CCC(=O)N2CCOCC2)[C@@H](C)N([SH](=O)=O)/C1=C/C. The molecule has 2 heterocycles. The van der Waals surface area contributed by atoms with Gasteiger partial charge >= 0.3 is 0 Å². The lowest BCUT2D eigenvalue weighted by molar-refractivity contribution is -0.136. The van der Waals surface area contributed by atoms with E-state index in [1.165, 1.54) is 4.31 Å². The molecule has 2 atom stereocenters. The smallest absolute Gasteiger partial charge is 0.225 e. The van der Waals surface area contributed by atoms with Crippen molar-refractivity contribution in [1.29, 1.82) is 0 Å². The Kier molecular flexibility index (Phi) is 7.07. The highest BCUT2D eigenvalue weighted by atomic mass is 32.2. The number of rotatable bonds is 5. The molecule has 1 amide bonds. The van der Waals surface area contributed by atoms with Crippen molar-refractivity contribution in [3.05, 3.63) is 36.3 Å². The van der Waals surface area contributed by atoms with E-state index in [0.29, 0.717) is 50.6 Å². The largest absolute Gasteiger partial charge is 0.486 e. The highest BCUT2D eigenvalue weighted by Crippen LogP contribution is 2.32. The zero-order chi connectivity index (χ0) is 18.4. The van der Waals surface area contributed by atoms with Crippen molar-refractivity contribution >= 4 is 16.8 Å². The number of allylic oxidation sites excluding steroid dienone is 3. The molecule has 0 saturated carbocycles. The van der Waals surface area contributed by atoms with Crippen molar-refractivity contribution in [3.63, 3.8) is 0 Å². The molecule has 0 aromatic carbocycles. The summed E-state index contributed by atoms with van der Waals surface area (Å²) in [5.41, 5.74) is 0.499. The van der Waals surface area contributed by atoms with Gasteiger partial charge in [-0.25, -0.2) is 8.42 Å². The first-order valence-electron chi connectivity index (χ1n) is 8.44. The van der Waals surface area contributed by atoms with Crippen LogP contribution in [0, 0.1) is 0 Å². The van der Waals surface area contributed by atoms with Crippen LogP contribution in [0.1, 0.15) is 26.7 Å². The third-order valence-corrected chi connectivity index (χ3v) is 5.36. The molecule has 0 aromatic rings. The van der Waals surface area contributed by atoms with Gasteiger partial charge < -0.3 is 14.4 Å². The molecule has 0 spiro atoms. The fourth-order valence-electron chi connectivity index (χ4n) is 3.09. The predicted octanol–water partition coefficient (Wildman–Crippen LogP) is 1.21. The van der Waals surface area contributed by atoms with E-state index in [0.717, 1.165) is 0 Å². The Morgan fingerprint density at radius 1 is 1.36 bits per heavy atom. The van der Waals surface area contributed by atoms with Crippen molar-refractivity contribution in [2.45, 2.75) is 38.8 Å². The van der Waals surface area contributed by atoms with Crippen LogP contribution in [0.5, 0.6) is 0 Å². The van der Waals surface area contributed by atoms with Gasteiger partial charge in [-0.2, -0.15) is 0 Å². The maximum atomic E-state index is 12.3. The highest BCUT2D eigenvalue weighted by molar-refractivity contribution is 7.70. The topological polar surface area (TPSA) is 76.2 Å². The third kappa shape index (κ3) is 4.64. The van der Waals surface area contributed by atoms with Gasteiger partial charge in [-0.15, -0.1) is 0 Å². The summed E-state index contributed by atoms with van der Waals surface area (Å²) in [6.45, 7) is 9.52. The fourth-order valence-corrected chi connectivity index (χ4v) is 3.93. The molecule has 0 aliphatic carbocycles. The van der Waals surface area contributed by atoms with Crippen molar-refractivity contribution in [1.82, 2.24) is 9.21 Å². The highest BCUT2D eigenvalue weighted by Gasteiger charge is 2.36. The second-order valence-corrected chi connectivity index (χ2v) is 6.86. The Morgan fingerprint density at radius 3 is 2.60 bits per heavy atom. The standard InChI is InChI=1S/C17H26N2O5S/c1-4-6-16-14(5-2)19(25(21)22)13(3)15(24-16)7-8-17(20)18-9-11-23-12-10-18/h4-6,13,15,25H,1,7-12H2,2-3H3/b14-5+,16-6+/t13-,15?/m1/s1. The second-order valence-electron chi connectivity index (χ2n) is 5.95. The van der Waals surface area contributed by atoms with E-state index in [1.807, 2.05) is 0 Å². The average molecular weight is 370 g/mol. The number of carbonyl (C=O) groups is 1. The number of hydrogen-bond acceptors (Lipinski definition) is 5. The second kappa shape index (κ2) is 9.05. The number of thiol groups is 1. The predicted molar refractivity (Wildman–Crippen MR) is 95.2 cm³/mol. The monoisotopic (exact) mass is 370 g/mol. The van der Waals surface area contributed by atoms with Crippen LogP contribution in [0.25, 0.3) is 0 Å². The first-order chi connectivity index (χ1) is 12.0. The molecule has 8 heteroatoms. The van der Waals surface area contributed by atoms with Crippen LogP contribution in [-0.2, 0) is 25.2 Å². The van der Waals surface area contributed by atoms with Crippen LogP contribution in [0.3, 0.4) is 0 Å². The molecule has 2 saturated heterocycles. The van der Waals surface area contributed by atoms with E-state index in [-0.39, 0.29) is 11.9 Å². The summed E-state index contributed by atoms with van der Waals surface area (Å²) in [5, 5.41) is 0. The van der Waals surface area contributed by atoms with E-state index >= 15 is 0 Å². The normalized spacial score (nSPS) is 27.6. The first kappa shape index (κ1) is 19.5. The minimum absolute atomic E-state index is 0.0447. The summed E-state index contributed by atoms with van der Waals surface area (Å²) in [7, 11) is -2.81. The van der Waals surface area contributed by atoms with E-state index in [4.69, 9.17) is 9.47 Å². The lowest BCUT2D eigenvalue weighted by Gasteiger charge is -2.40. The van der Waals surface area contributed by atoms with E-state index in [2.05, 4.69) is 6.58 Å². The zero-order valence-corrected chi connectivity index (χ0v) is 15.6. The molecule has 0 aromatic heterocycles. The lowest BCUT2D eigenvalue weighted by atomic mass is 10.0. The molecule has 1 unspecified atom stereocenters. The third-order valence-electron chi connectivity index (χ3n) is 4.43. The van der Waals surface area contributed by atoms with Gasteiger partial charge in [0, 0.05) is 19.5 Å². The van der Waals surface area contributed by atoms with Crippen LogP contribution in [-0.4, -0.2) is 62.0 Å². The first-order valence-corrected chi connectivity index (χ1v) is 9.57. The van der Waals surface area contributed by atoms with Crippen molar-refractivity contribution in [2.24, 2.45) is 0 Å². The van der Waals surface area contributed by atoms with Crippen molar-refractivity contribution in [3.8, 4) is 0 Å². The molecule has 0 N–H and O–H groups in total. The molecule has 0 bridgehead atoms. The number of hydrogen-bond donors (Lipinski definition) is 1. The number of nitrogens with zero attached hydrogens (tertiary/aromatic N) is 2.